The molecule has 0 spiro atoms. The zero-order chi connectivity index (χ0) is 22.7. The molecule has 0 saturated heterocycles. The van der Waals surface area contributed by atoms with Gasteiger partial charge < -0.3 is 16.4 Å². The first-order chi connectivity index (χ1) is 14.1. The zero-order valence-corrected chi connectivity index (χ0v) is 21.0. The molecule has 176 valence electrons. The Labute approximate surface area is 189 Å². The molecule has 5 nitrogen and oxygen atoms in total. The summed E-state index contributed by atoms with van der Waals surface area (Å²) in [7, 11) is 0. The van der Waals surface area contributed by atoms with Crippen LogP contribution in [0.3, 0.4) is 0 Å². The van der Waals surface area contributed by atoms with Crippen molar-refractivity contribution in [3.05, 3.63) is 0 Å². The Hall–Kier alpha value is -0.750. The molecule has 1 saturated carbocycles. The van der Waals surface area contributed by atoms with E-state index in [1.54, 1.807) is 11.8 Å². The molecule has 2 amide bonds. The minimum absolute atomic E-state index is 0.0466. The summed E-state index contributed by atoms with van der Waals surface area (Å²) >= 11 is 1.71. The van der Waals surface area contributed by atoms with Gasteiger partial charge in [-0.2, -0.15) is 11.8 Å². The van der Waals surface area contributed by atoms with Crippen LogP contribution in [0.4, 0.5) is 0 Å². The van der Waals surface area contributed by atoms with Gasteiger partial charge in [-0.05, 0) is 74.2 Å². The number of hydrogen-bond donors (Lipinski definition) is 3. The smallest absolute Gasteiger partial charge is 0.237 e. The maximum atomic E-state index is 12.8. The third-order valence-corrected chi connectivity index (χ3v) is 7.10. The average Bonchev–Trinajstić information content (AvgIpc) is 2.68. The number of carbonyl (C=O) groups is 2. The summed E-state index contributed by atoms with van der Waals surface area (Å²) in [5, 5.41) is 6.34. The zero-order valence-electron chi connectivity index (χ0n) is 20.2. The molecule has 0 aromatic heterocycles. The molecule has 1 aliphatic rings. The molecular weight excluding hydrogens is 394 g/mol. The van der Waals surface area contributed by atoms with Gasteiger partial charge in [0, 0.05) is 18.5 Å². The first-order valence-corrected chi connectivity index (χ1v) is 13.4. The van der Waals surface area contributed by atoms with Crippen LogP contribution in [-0.4, -0.2) is 42.5 Å². The maximum absolute atomic E-state index is 12.8. The van der Waals surface area contributed by atoms with Crippen molar-refractivity contribution in [2.75, 3.05) is 18.6 Å². The van der Waals surface area contributed by atoms with E-state index in [9.17, 15) is 9.59 Å². The van der Waals surface area contributed by atoms with E-state index in [1.807, 2.05) is 6.26 Å². The van der Waals surface area contributed by atoms with Gasteiger partial charge in [0.15, 0.2) is 0 Å². The van der Waals surface area contributed by atoms with Crippen molar-refractivity contribution in [2.24, 2.45) is 35.3 Å². The minimum atomic E-state index is -0.437. The van der Waals surface area contributed by atoms with Crippen molar-refractivity contribution < 1.29 is 9.59 Å². The van der Waals surface area contributed by atoms with Crippen molar-refractivity contribution in [3.63, 3.8) is 0 Å². The van der Waals surface area contributed by atoms with Crippen LogP contribution >= 0.6 is 11.8 Å². The number of hydrogen-bond acceptors (Lipinski definition) is 4. The Morgan fingerprint density at radius 2 is 1.83 bits per heavy atom. The predicted octanol–water partition coefficient (Wildman–Crippen LogP) is 4.20. The number of carbonyl (C=O) groups excluding carboxylic acids is 2. The van der Waals surface area contributed by atoms with E-state index in [2.05, 4.69) is 45.3 Å². The van der Waals surface area contributed by atoms with E-state index in [-0.39, 0.29) is 23.8 Å². The van der Waals surface area contributed by atoms with Crippen LogP contribution < -0.4 is 16.4 Å². The van der Waals surface area contributed by atoms with Gasteiger partial charge in [0.1, 0.15) is 0 Å². The van der Waals surface area contributed by atoms with Crippen molar-refractivity contribution in [2.45, 2.75) is 91.6 Å². The standard InChI is InChI=1S/C24H47N3O2S/c1-16(2)14-19(27-24(29)22(25)11-13-30-6)8-7-12-26-23(28)21-15-18(5)9-10-20(21)17(3)4/h16-22H,7-15,25H2,1-6H3,(H,26,28)(H,27,29)/t18-,19-,20+,21-,22+/m1/s1. The third-order valence-electron chi connectivity index (χ3n) is 6.46. The molecule has 0 unspecified atom stereocenters. The van der Waals surface area contributed by atoms with E-state index in [0.29, 0.717) is 36.6 Å². The molecular formula is C24H47N3O2S. The number of nitrogens with two attached hydrogens (primary N) is 1. The fraction of sp³-hybridized carbons (Fsp3) is 0.917. The first kappa shape index (κ1) is 27.3. The molecule has 0 radical (unpaired) electrons. The summed E-state index contributed by atoms with van der Waals surface area (Å²) in [6.45, 7) is 11.8. The molecule has 0 bridgehead atoms. The topological polar surface area (TPSA) is 84.2 Å². The number of thioether (sulfide) groups is 1. The van der Waals surface area contributed by atoms with Crippen LogP contribution in [0.25, 0.3) is 0 Å². The fourth-order valence-electron chi connectivity index (χ4n) is 4.70. The second-order valence-electron chi connectivity index (χ2n) is 10.1. The Morgan fingerprint density at radius 3 is 2.43 bits per heavy atom. The van der Waals surface area contributed by atoms with Gasteiger partial charge in [-0.1, -0.05) is 41.0 Å². The van der Waals surface area contributed by atoms with Gasteiger partial charge in [-0.3, -0.25) is 9.59 Å². The van der Waals surface area contributed by atoms with Gasteiger partial charge in [0.25, 0.3) is 0 Å². The number of nitrogens with one attached hydrogen (secondary N) is 2. The third kappa shape index (κ3) is 10.0. The van der Waals surface area contributed by atoms with Gasteiger partial charge in [-0.25, -0.2) is 0 Å². The molecule has 1 fully saturated rings. The van der Waals surface area contributed by atoms with Gasteiger partial charge >= 0.3 is 0 Å². The van der Waals surface area contributed by atoms with Crippen LogP contribution in [0.2, 0.25) is 0 Å². The molecule has 1 aliphatic carbocycles. The summed E-state index contributed by atoms with van der Waals surface area (Å²) in [6, 6.07) is -0.319. The molecule has 30 heavy (non-hydrogen) atoms. The average molecular weight is 442 g/mol. The Morgan fingerprint density at radius 1 is 1.13 bits per heavy atom. The Kier molecular flexibility index (Phi) is 13.0. The summed E-state index contributed by atoms with van der Waals surface area (Å²) in [4.78, 5) is 25.3. The van der Waals surface area contributed by atoms with Crippen molar-refractivity contribution >= 4 is 23.6 Å². The molecule has 5 atom stereocenters. The lowest BCUT2D eigenvalue weighted by Gasteiger charge is -2.36. The summed E-state index contributed by atoms with van der Waals surface area (Å²) in [5.41, 5.74) is 6.03. The van der Waals surface area contributed by atoms with E-state index in [1.165, 1.54) is 6.42 Å². The minimum Gasteiger partial charge on any atom is -0.356 e. The van der Waals surface area contributed by atoms with E-state index in [0.717, 1.165) is 37.9 Å². The largest absolute Gasteiger partial charge is 0.356 e. The highest BCUT2D eigenvalue weighted by Crippen LogP contribution is 2.38. The maximum Gasteiger partial charge on any atom is 0.237 e. The molecule has 0 aromatic carbocycles. The highest BCUT2D eigenvalue weighted by molar-refractivity contribution is 7.98. The van der Waals surface area contributed by atoms with Gasteiger partial charge in [0.2, 0.25) is 11.8 Å². The highest BCUT2D eigenvalue weighted by Gasteiger charge is 2.35. The van der Waals surface area contributed by atoms with Crippen LogP contribution in [0.15, 0.2) is 0 Å². The van der Waals surface area contributed by atoms with Gasteiger partial charge in [-0.15, -0.1) is 0 Å². The molecule has 1 rings (SSSR count). The highest BCUT2D eigenvalue weighted by atomic mass is 32.2. The number of rotatable bonds is 13. The van der Waals surface area contributed by atoms with Crippen molar-refractivity contribution in [3.8, 4) is 0 Å². The lowest BCUT2D eigenvalue weighted by atomic mass is 9.70. The van der Waals surface area contributed by atoms with Crippen molar-refractivity contribution in [1.29, 1.82) is 0 Å². The normalized spacial score (nSPS) is 24.0. The van der Waals surface area contributed by atoms with E-state index >= 15 is 0 Å². The lowest BCUT2D eigenvalue weighted by molar-refractivity contribution is -0.129. The summed E-state index contributed by atoms with van der Waals surface area (Å²) < 4.78 is 0. The predicted molar refractivity (Wildman–Crippen MR) is 129 cm³/mol. The summed E-state index contributed by atoms with van der Waals surface area (Å²) in [5.74, 6) is 3.41. The Balaban J connectivity index is 2.48. The first-order valence-electron chi connectivity index (χ1n) is 12.0. The van der Waals surface area contributed by atoms with Crippen LogP contribution in [0.5, 0.6) is 0 Å². The van der Waals surface area contributed by atoms with E-state index in [4.69, 9.17) is 5.73 Å². The second-order valence-corrected chi connectivity index (χ2v) is 11.1. The van der Waals surface area contributed by atoms with Crippen LogP contribution in [-0.2, 0) is 9.59 Å². The van der Waals surface area contributed by atoms with Gasteiger partial charge in [0.05, 0.1) is 6.04 Å². The Bertz CT molecular complexity index is 513. The molecule has 0 heterocycles. The van der Waals surface area contributed by atoms with Crippen LogP contribution in [0, 0.1) is 29.6 Å². The SMILES string of the molecule is CSCC[C@H](N)C(=O)N[C@H](CCCNC(=O)[C@@H]1C[C@H](C)CC[C@H]1C(C)C)CC(C)C. The molecule has 6 heteroatoms. The van der Waals surface area contributed by atoms with E-state index < -0.39 is 6.04 Å². The monoisotopic (exact) mass is 441 g/mol. The van der Waals surface area contributed by atoms with Crippen molar-refractivity contribution in [1.82, 2.24) is 10.6 Å². The number of amides is 2. The quantitative estimate of drug-likeness (QED) is 0.374. The second kappa shape index (κ2) is 14.3. The molecule has 0 aliphatic heterocycles. The summed E-state index contributed by atoms with van der Waals surface area (Å²) in [6.07, 6.45) is 8.82. The lowest BCUT2D eigenvalue weighted by Crippen LogP contribution is -2.46. The van der Waals surface area contributed by atoms with Crippen LogP contribution in [0.1, 0.15) is 79.6 Å². The fourth-order valence-corrected chi connectivity index (χ4v) is 5.19. The molecule has 4 N–H and O–H groups in total. The molecule has 0 aromatic rings.